The van der Waals surface area contributed by atoms with E-state index in [4.69, 9.17) is 9.47 Å². The van der Waals surface area contributed by atoms with Gasteiger partial charge in [0.15, 0.2) is 0 Å². The molecule has 1 aromatic heterocycles. The molecule has 1 aliphatic heterocycles. The molecule has 5 nitrogen and oxygen atoms in total. The molecular formula is C17H23N3O2. The van der Waals surface area contributed by atoms with E-state index in [-0.39, 0.29) is 0 Å². The van der Waals surface area contributed by atoms with Crippen molar-refractivity contribution in [3.8, 4) is 11.5 Å². The van der Waals surface area contributed by atoms with Crippen molar-refractivity contribution < 1.29 is 9.47 Å². The fourth-order valence-corrected chi connectivity index (χ4v) is 2.78. The second kappa shape index (κ2) is 6.83. The second-order valence-electron chi connectivity index (χ2n) is 5.72. The first-order chi connectivity index (χ1) is 10.7. The van der Waals surface area contributed by atoms with Gasteiger partial charge in [0.2, 0.25) is 0 Å². The summed E-state index contributed by atoms with van der Waals surface area (Å²) in [6.45, 7) is 3.01. The summed E-state index contributed by atoms with van der Waals surface area (Å²) in [5, 5.41) is 0. The number of likely N-dealkylation sites (tertiary alicyclic amines) is 1. The third-order valence-corrected chi connectivity index (χ3v) is 4.18. The van der Waals surface area contributed by atoms with Gasteiger partial charge in [-0.05, 0) is 37.1 Å². The van der Waals surface area contributed by atoms with E-state index in [1.807, 2.05) is 43.7 Å². The zero-order valence-corrected chi connectivity index (χ0v) is 13.2. The van der Waals surface area contributed by atoms with Gasteiger partial charge in [0.25, 0.3) is 0 Å². The Kier molecular flexibility index (Phi) is 4.63. The Morgan fingerprint density at radius 3 is 2.41 bits per heavy atom. The number of nitrogens with zero attached hydrogens (tertiary/aromatic N) is 3. The Morgan fingerprint density at radius 2 is 1.82 bits per heavy atom. The summed E-state index contributed by atoms with van der Waals surface area (Å²) in [5.74, 6) is 2.90. The fraction of sp³-hybridized carbons (Fsp3) is 0.471. The van der Waals surface area contributed by atoms with Crippen LogP contribution in [0.4, 0.5) is 0 Å². The van der Waals surface area contributed by atoms with E-state index in [9.17, 15) is 0 Å². The molecule has 5 heteroatoms. The summed E-state index contributed by atoms with van der Waals surface area (Å²) in [6, 6.07) is 7.81. The summed E-state index contributed by atoms with van der Waals surface area (Å²) < 4.78 is 13.3. The highest BCUT2D eigenvalue weighted by molar-refractivity contribution is 5.31. The zero-order chi connectivity index (χ0) is 15.4. The van der Waals surface area contributed by atoms with E-state index < -0.39 is 0 Å². The van der Waals surface area contributed by atoms with Gasteiger partial charge in [0.1, 0.15) is 23.4 Å². The van der Waals surface area contributed by atoms with Gasteiger partial charge in [-0.25, -0.2) is 4.98 Å². The molecule has 0 radical (unpaired) electrons. The average molecular weight is 301 g/mol. The van der Waals surface area contributed by atoms with E-state index in [0.29, 0.717) is 6.10 Å². The number of hydrogen-bond donors (Lipinski definition) is 0. The number of aromatic nitrogens is 2. The zero-order valence-electron chi connectivity index (χ0n) is 13.2. The molecular weight excluding hydrogens is 278 g/mol. The molecule has 118 valence electrons. The van der Waals surface area contributed by atoms with Crippen molar-refractivity contribution in [3.63, 3.8) is 0 Å². The minimum absolute atomic E-state index is 0.297. The monoisotopic (exact) mass is 301 g/mol. The van der Waals surface area contributed by atoms with Crippen LogP contribution in [0.1, 0.15) is 18.7 Å². The molecule has 0 amide bonds. The van der Waals surface area contributed by atoms with Crippen LogP contribution in [-0.4, -0.2) is 40.8 Å². The van der Waals surface area contributed by atoms with Crippen molar-refractivity contribution in [2.24, 2.45) is 7.05 Å². The highest BCUT2D eigenvalue weighted by Crippen LogP contribution is 2.22. The number of rotatable bonds is 5. The summed E-state index contributed by atoms with van der Waals surface area (Å²) in [4.78, 5) is 6.83. The fourth-order valence-electron chi connectivity index (χ4n) is 2.78. The number of piperidine rings is 1. The molecule has 0 atom stereocenters. The number of hydrogen-bond acceptors (Lipinski definition) is 4. The van der Waals surface area contributed by atoms with E-state index in [1.165, 1.54) is 0 Å². The standard InChI is InChI=1S/C17H23N3O2/c1-19-12-9-18-17(19)13-20-10-7-16(8-11-20)22-15-5-3-14(21-2)4-6-15/h3-6,9,12,16H,7-8,10-11,13H2,1-2H3. The van der Waals surface area contributed by atoms with E-state index in [0.717, 1.165) is 49.8 Å². The van der Waals surface area contributed by atoms with Crippen molar-refractivity contribution in [1.82, 2.24) is 14.5 Å². The Bertz CT molecular complexity index is 586. The number of aryl methyl sites for hydroxylation is 1. The molecule has 3 rings (SSSR count). The Morgan fingerprint density at radius 1 is 1.14 bits per heavy atom. The molecule has 0 spiro atoms. The molecule has 0 aliphatic carbocycles. The maximum atomic E-state index is 6.06. The number of imidazole rings is 1. The largest absolute Gasteiger partial charge is 0.497 e. The van der Waals surface area contributed by atoms with Crippen molar-refractivity contribution in [2.75, 3.05) is 20.2 Å². The van der Waals surface area contributed by atoms with Crippen LogP contribution in [0.25, 0.3) is 0 Å². The predicted octanol–water partition coefficient (Wildman–Crippen LogP) is 2.47. The number of benzene rings is 1. The normalized spacial score (nSPS) is 16.6. The molecule has 0 unspecified atom stereocenters. The Balaban J connectivity index is 1.48. The van der Waals surface area contributed by atoms with Crippen molar-refractivity contribution >= 4 is 0 Å². The third kappa shape index (κ3) is 3.60. The molecule has 1 aliphatic rings. The second-order valence-corrected chi connectivity index (χ2v) is 5.72. The van der Waals surface area contributed by atoms with E-state index in [2.05, 4.69) is 14.5 Å². The Labute approximate surface area is 131 Å². The molecule has 0 bridgehead atoms. The first kappa shape index (κ1) is 14.9. The first-order valence-electron chi connectivity index (χ1n) is 7.74. The molecule has 0 saturated carbocycles. The molecule has 1 saturated heterocycles. The van der Waals surface area contributed by atoms with Crippen LogP contribution in [-0.2, 0) is 13.6 Å². The molecule has 0 N–H and O–H groups in total. The Hall–Kier alpha value is -2.01. The predicted molar refractivity (Wildman–Crippen MR) is 85.1 cm³/mol. The smallest absolute Gasteiger partial charge is 0.122 e. The van der Waals surface area contributed by atoms with Gasteiger partial charge in [0, 0.05) is 32.5 Å². The van der Waals surface area contributed by atoms with Crippen LogP contribution < -0.4 is 9.47 Å². The summed E-state index contributed by atoms with van der Waals surface area (Å²) in [5.41, 5.74) is 0. The van der Waals surface area contributed by atoms with Gasteiger partial charge in [-0.2, -0.15) is 0 Å². The van der Waals surface area contributed by atoms with Crippen LogP contribution in [0.15, 0.2) is 36.7 Å². The highest BCUT2D eigenvalue weighted by atomic mass is 16.5. The van der Waals surface area contributed by atoms with Gasteiger partial charge in [-0.1, -0.05) is 0 Å². The van der Waals surface area contributed by atoms with Gasteiger partial charge in [-0.3, -0.25) is 4.90 Å². The number of ether oxygens (including phenoxy) is 2. The first-order valence-corrected chi connectivity index (χ1v) is 7.74. The molecule has 2 aromatic rings. The lowest BCUT2D eigenvalue weighted by atomic mass is 10.1. The third-order valence-electron chi connectivity index (χ3n) is 4.18. The average Bonchev–Trinajstić information content (AvgIpc) is 2.95. The SMILES string of the molecule is COc1ccc(OC2CCN(Cc3nccn3C)CC2)cc1. The van der Waals surface area contributed by atoms with Crippen molar-refractivity contribution in [2.45, 2.75) is 25.5 Å². The summed E-state index contributed by atoms with van der Waals surface area (Å²) in [6.07, 6.45) is 6.25. The quantitative estimate of drug-likeness (QED) is 0.850. The lowest BCUT2D eigenvalue weighted by Gasteiger charge is -2.31. The van der Waals surface area contributed by atoms with Crippen LogP contribution in [0.3, 0.4) is 0 Å². The van der Waals surface area contributed by atoms with E-state index in [1.54, 1.807) is 7.11 Å². The van der Waals surface area contributed by atoms with Crippen molar-refractivity contribution in [1.29, 1.82) is 0 Å². The van der Waals surface area contributed by atoms with Crippen molar-refractivity contribution in [3.05, 3.63) is 42.5 Å². The summed E-state index contributed by atoms with van der Waals surface area (Å²) >= 11 is 0. The molecule has 1 fully saturated rings. The van der Waals surface area contributed by atoms with Gasteiger partial charge >= 0.3 is 0 Å². The minimum atomic E-state index is 0.297. The van der Waals surface area contributed by atoms with Crippen LogP contribution in [0.5, 0.6) is 11.5 Å². The van der Waals surface area contributed by atoms with Gasteiger partial charge in [0.05, 0.1) is 13.7 Å². The minimum Gasteiger partial charge on any atom is -0.497 e. The lowest BCUT2D eigenvalue weighted by molar-refractivity contribution is 0.0949. The van der Waals surface area contributed by atoms with Gasteiger partial charge in [-0.15, -0.1) is 0 Å². The highest BCUT2D eigenvalue weighted by Gasteiger charge is 2.21. The number of methoxy groups -OCH3 is 1. The van der Waals surface area contributed by atoms with Crippen LogP contribution >= 0.6 is 0 Å². The molecule has 22 heavy (non-hydrogen) atoms. The van der Waals surface area contributed by atoms with Crippen LogP contribution in [0, 0.1) is 0 Å². The molecule has 2 heterocycles. The maximum absolute atomic E-state index is 6.06. The van der Waals surface area contributed by atoms with E-state index >= 15 is 0 Å². The maximum Gasteiger partial charge on any atom is 0.122 e. The molecule has 1 aromatic carbocycles. The lowest BCUT2D eigenvalue weighted by Crippen LogP contribution is -2.38. The van der Waals surface area contributed by atoms with Gasteiger partial charge < -0.3 is 14.0 Å². The van der Waals surface area contributed by atoms with Crippen LogP contribution in [0.2, 0.25) is 0 Å². The summed E-state index contributed by atoms with van der Waals surface area (Å²) in [7, 11) is 3.72. The topological polar surface area (TPSA) is 39.5 Å².